The quantitative estimate of drug-likeness (QED) is 0.442. The smallest absolute Gasteiger partial charge is 0.197 e. The molecular formula is C20H21N7S2. The Morgan fingerprint density at radius 3 is 2.76 bits per heavy atom. The molecule has 0 N–H and O–H groups in total. The SMILES string of the molecule is Cc1nnc(Sc2nc(-c3cnccn3)nc3sc4c(c23)CCCC4)n1C(C)C. The van der Waals surface area contributed by atoms with E-state index >= 15 is 0 Å². The van der Waals surface area contributed by atoms with Crippen LogP contribution < -0.4 is 0 Å². The molecule has 4 aromatic heterocycles. The molecule has 0 saturated heterocycles. The summed E-state index contributed by atoms with van der Waals surface area (Å²) in [6.45, 7) is 6.28. The van der Waals surface area contributed by atoms with Crippen molar-refractivity contribution < 1.29 is 0 Å². The first-order valence-corrected chi connectivity index (χ1v) is 11.4. The largest absolute Gasteiger partial charge is 0.303 e. The Balaban J connectivity index is 1.71. The van der Waals surface area contributed by atoms with Crippen LogP contribution in [0.5, 0.6) is 0 Å². The van der Waals surface area contributed by atoms with Gasteiger partial charge in [0.25, 0.3) is 0 Å². The topological polar surface area (TPSA) is 82.3 Å². The van der Waals surface area contributed by atoms with Crippen molar-refractivity contribution in [3.8, 4) is 11.5 Å². The van der Waals surface area contributed by atoms with E-state index in [0.717, 1.165) is 33.7 Å². The lowest BCUT2D eigenvalue weighted by Crippen LogP contribution is -2.05. The van der Waals surface area contributed by atoms with Gasteiger partial charge in [-0.05, 0) is 63.8 Å². The van der Waals surface area contributed by atoms with Gasteiger partial charge in [0.15, 0.2) is 11.0 Å². The molecule has 0 saturated carbocycles. The fourth-order valence-corrected chi connectivity index (χ4v) is 6.30. The molecule has 0 atom stereocenters. The third-order valence-electron chi connectivity index (χ3n) is 5.11. The second kappa shape index (κ2) is 7.46. The second-order valence-corrected chi connectivity index (χ2v) is 9.47. The minimum atomic E-state index is 0.278. The van der Waals surface area contributed by atoms with E-state index in [4.69, 9.17) is 9.97 Å². The average Bonchev–Trinajstić information content (AvgIpc) is 3.28. The van der Waals surface area contributed by atoms with Crippen molar-refractivity contribution in [2.45, 2.75) is 62.7 Å². The molecule has 9 heteroatoms. The summed E-state index contributed by atoms with van der Waals surface area (Å²) in [5, 5.41) is 11.7. The normalized spacial score (nSPS) is 13.9. The van der Waals surface area contributed by atoms with Gasteiger partial charge >= 0.3 is 0 Å². The van der Waals surface area contributed by atoms with Gasteiger partial charge in [-0.1, -0.05) is 0 Å². The number of aryl methyl sites for hydroxylation is 3. The van der Waals surface area contributed by atoms with E-state index in [1.165, 1.54) is 28.7 Å². The number of rotatable bonds is 4. The highest BCUT2D eigenvalue weighted by Crippen LogP contribution is 2.42. The Kier molecular flexibility index (Phi) is 4.79. The predicted octanol–water partition coefficient (Wildman–Crippen LogP) is 4.66. The van der Waals surface area contributed by atoms with E-state index in [1.54, 1.807) is 41.7 Å². The molecule has 29 heavy (non-hydrogen) atoms. The van der Waals surface area contributed by atoms with Gasteiger partial charge in [-0.15, -0.1) is 21.5 Å². The maximum atomic E-state index is 4.93. The first kappa shape index (κ1) is 18.6. The minimum absolute atomic E-state index is 0.278. The first-order valence-electron chi connectivity index (χ1n) is 9.80. The Morgan fingerprint density at radius 2 is 1.97 bits per heavy atom. The number of fused-ring (bicyclic) bond motifs is 3. The summed E-state index contributed by atoms with van der Waals surface area (Å²) in [7, 11) is 0. The van der Waals surface area contributed by atoms with Gasteiger partial charge in [0.2, 0.25) is 0 Å². The Morgan fingerprint density at radius 1 is 1.10 bits per heavy atom. The zero-order valence-corrected chi connectivity index (χ0v) is 18.2. The van der Waals surface area contributed by atoms with Crippen LogP contribution in [-0.2, 0) is 12.8 Å². The van der Waals surface area contributed by atoms with Gasteiger partial charge in [-0.2, -0.15) is 0 Å². The highest BCUT2D eigenvalue weighted by Gasteiger charge is 2.24. The minimum Gasteiger partial charge on any atom is -0.303 e. The molecule has 0 fully saturated rings. The molecular weight excluding hydrogens is 402 g/mol. The molecule has 0 spiro atoms. The van der Waals surface area contributed by atoms with Crippen LogP contribution in [0.2, 0.25) is 0 Å². The van der Waals surface area contributed by atoms with Crippen molar-refractivity contribution >= 4 is 33.3 Å². The van der Waals surface area contributed by atoms with Crippen LogP contribution >= 0.6 is 23.1 Å². The van der Waals surface area contributed by atoms with E-state index in [2.05, 4.69) is 38.6 Å². The predicted molar refractivity (Wildman–Crippen MR) is 114 cm³/mol. The van der Waals surface area contributed by atoms with Gasteiger partial charge < -0.3 is 4.57 Å². The molecule has 4 aromatic rings. The maximum Gasteiger partial charge on any atom is 0.197 e. The van der Waals surface area contributed by atoms with Gasteiger partial charge in [-0.25, -0.2) is 15.0 Å². The molecule has 0 aromatic carbocycles. The molecule has 1 aliphatic carbocycles. The number of nitrogens with zero attached hydrogens (tertiary/aromatic N) is 7. The molecule has 7 nitrogen and oxygen atoms in total. The van der Waals surface area contributed by atoms with E-state index in [-0.39, 0.29) is 6.04 Å². The fraction of sp³-hybridized carbons (Fsp3) is 0.400. The average molecular weight is 424 g/mol. The number of hydrogen-bond donors (Lipinski definition) is 0. The lowest BCUT2D eigenvalue weighted by Gasteiger charge is -2.14. The van der Waals surface area contributed by atoms with Crippen LogP contribution in [-0.4, -0.2) is 34.7 Å². The molecule has 0 bridgehead atoms. The highest BCUT2D eigenvalue weighted by atomic mass is 32.2. The molecule has 1 aliphatic rings. The van der Waals surface area contributed by atoms with Crippen molar-refractivity contribution in [2.75, 3.05) is 0 Å². The van der Waals surface area contributed by atoms with Crippen molar-refractivity contribution in [1.29, 1.82) is 0 Å². The summed E-state index contributed by atoms with van der Waals surface area (Å²) >= 11 is 3.37. The molecule has 5 rings (SSSR count). The van der Waals surface area contributed by atoms with Crippen molar-refractivity contribution in [3.05, 3.63) is 34.9 Å². The zero-order chi connectivity index (χ0) is 20.0. The molecule has 0 unspecified atom stereocenters. The van der Waals surface area contributed by atoms with Crippen LogP contribution in [0.4, 0.5) is 0 Å². The molecule has 0 radical (unpaired) electrons. The van der Waals surface area contributed by atoms with E-state index in [9.17, 15) is 0 Å². The van der Waals surface area contributed by atoms with Crippen molar-refractivity contribution in [3.63, 3.8) is 0 Å². The van der Waals surface area contributed by atoms with Crippen LogP contribution in [0.25, 0.3) is 21.7 Å². The number of thiophene rings is 1. The van der Waals surface area contributed by atoms with Gasteiger partial charge in [0, 0.05) is 28.7 Å². The maximum absolute atomic E-state index is 4.93. The standard InChI is InChI=1S/C20H21N7S2/c1-11(2)27-12(3)25-26-20(27)29-19-16-13-6-4-5-7-15(13)28-18(16)23-17(24-19)14-10-21-8-9-22-14/h8-11H,4-7H2,1-3H3. The third-order valence-corrected chi connectivity index (χ3v) is 7.25. The van der Waals surface area contributed by atoms with Crippen LogP contribution in [0.3, 0.4) is 0 Å². The van der Waals surface area contributed by atoms with Crippen molar-refractivity contribution in [1.82, 2.24) is 34.7 Å². The van der Waals surface area contributed by atoms with Crippen LogP contribution in [0.15, 0.2) is 28.8 Å². The first-order chi connectivity index (χ1) is 14.1. The summed E-state index contributed by atoms with van der Waals surface area (Å²) in [6, 6.07) is 0.278. The second-order valence-electron chi connectivity index (χ2n) is 7.43. The lowest BCUT2D eigenvalue weighted by atomic mass is 9.97. The lowest BCUT2D eigenvalue weighted by molar-refractivity contribution is 0.536. The summed E-state index contributed by atoms with van der Waals surface area (Å²) in [4.78, 5) is 20.9. The highest BCUT2D eigenvalue weighted by molar-refractivity contribution is 7.99. The van der Waals surface area contributed by atoms with Gasteiger partial charge in [0.1, 0.15) is 21.4 Å². The Labute approximate surface area is 177 Å². The fourth-order valence-electron chi connectivity index (χ4n) is 3.83. The van der Waals surface area contributed by atoms with E-state index in [0.29, 0.717) is 11.5 Å². The van der Waals surface area contributed by atoms with Crippen LogP contribution in [0, 0.1) is 6.92 Å². The summed E-state index contributed by atoms with van der Waals surface area (Å²) in [6.07, 6.45) is 9.73. The van der Waals surface area contributed by atoms with Crippen molar-refractivity contribution in [2.24, 2.45) is 0 Å². The molecule has 148 valence electrons. The third kappa shape index (κ3) is 3.32. The number of hydrogen-bond acceptors (Lipinski definition) is 8. The molecule has 0 amide bonds. The summed E-state index contributed by atoms with van der Waals surface area (Å²) in [5.41, 5.74) is 2.10. The van der Waals surface area contributed by atoms with Gasteiger partial charge in [-0.3, -0.25) is 4.98 Å². The van der Waals surface area contributed by atoms with E-state index in [1.807, 2.05) is 6.92 Å². The van der Waals surface area contributed by atoms with E-state index < -0.39 is 0 Å². The summed E-state index contributed by atoms with van der Waals surface area (Å²) in [5.74, 6) is 1.52. The monoisotopic (exact) mass is 423 g/mol. The van der Waals surface area contributed by atoms with Gasteiger partial charge in [0.05, 0.1) is 6.20 Å². The Bertz CT molecular complexity index is 1180. The summed E-state index contributed by atoms with van der Waals surface area (Å²) < 4.78 is 2.15. The number of aromatic nitrogens is 7. The molecule has 4 heterocycles. The Hall–Kier alpha value is -2.39. The molecule has 0 aliphatic heterocycles. The van der Waals surface area contributed by atoms with Crippen LogP contribution in [0.1, 0.15) is 49.0 Å². The zero-order valence-electron chi connectivity index (χ0n) is 16.6.